The number of amides is 1. The molecule has 2 aromatic rings. The van der Waals surface area contributed by atoms with Crippen molar-refractivity contribution in [3.05, 3.63) is 40.9 Å². The first kappa shape index (κ1) is 20.3. The summed E-state index contributed by atoms with van der Waals surface area (Å²) in [4.78, 5) is 17.6. The summed E-state index contributed by atoms with van der Waals surface area (Å²) < 4.78 is 9.49. The van der Waals surface area contributed by atoms with Crippen molar-refractivity contribution in [2.24, 2.45) is 0 Å². The molecule has 0 aliphatic carbocycles. The number of hydrogen-bond acceptors (Lipinski definition) is 6. The molecule has 2 fully saturated rings. The molecule has 6 nitrogen and oxygen atoms in total. The van der Waals surface area contributed by atoms with Gasteiger partial charge in [-0.05, 0) is 55.0 Å². The third-order valence-corrected chi connectivity index (χ3v) is 7.03. The molecule has 156 valence electrons. The lowest BCUT2D eigenvalue weighted by molar-refractivity contribution is -0.132. The number of carbonyl (C=O) groups excluding carboxylic acids is 1. The zero-order valence-electron chi connectivity index (χ0n) is 17.3. The first-order chi connectivity index (χ1) is 14.2. The van der Waals surface area contributed by atoms with Crippen molar-refractivity contribution in [1.82, 2.24) is 19.4 Å². The van der Waals surface area contributed by atoms with E-state index in [4.69, 9.17) is 4.74 Å². The minimum atomic E-state index is 0.174. The summed E-state index contributed by atoms with van der Waals surface area (Å²) in [6.07, 6.45) is 4.81. The first-order valence-corrected chi connectivity index (χ1v) is 11.5. The number of likely N-dealkylation sites (tertiary alicyclic amines) is 2. The molecule has 3 atom stereocenters. The van der Waals surface area contributed by atoms with E-state index in [1.54, 1.807) is 7.11 Å². The van der Waals surface area contributed by atoms with E-state index in [-0.39, 0.29) is 17.7 Å². The van der Waals surface area contributed by atoms with Gasteiger partial charge in [0.05, 0.1) is 19.3 Å². The normalized spacial score (nSPS) is 25.3. The van der Waals surface area contributed by atoms with Gasteiger partial charge in [0.25, 0.3) is 0 Å². The van der Waals surface area contributed by atoms with Crippen LogP contribution in [0.4, 0.5) is 0 Å². The monoisotopic (exact) mass is 414 g/mol. The van der Waals surface area contributed by atoms with E-state index in [9.17, 15) is 4.79 Å². The maximum atomic E-state index is 13.2. The highest BCUT2D eigenvalue weighted by Crippen LogP contribution is 2.40. The average Bonchev–Trinajstić information content (AvgIpc) is 3.44. The number of carbonyl (C=O) groups is 1. The SMILES string of the molecule is CC[C@@H]1CCCCN1CC(=O)N1C[C@@H](c2cccc(OC)c2)[C@H](c2csnn2)C1. The predicted octanol–water partition coefficient (Wildman–Crippen LogP) is 3.52. The highest BCUT2D eigenvalue weighted by Gasteiger charge is 2.39. The van der Waals surface area contributed by atoms with Gasteiger partial charge in [-0.15, -0.1) is 5.10 Å². The lowest BCUT2D eigenvalue weighted by Crippen LogP contribution is -2.46. The number of piperidine rings is 1. The summed E-state index contributed by atoms with van der Waals surface area (Å²) in [5.41, 5.74) is 2.18. The Hall–Kier alpha value is -1.99. The second kappa shape index (κ2) is 9.22. The Labute approximate surface area is 177 Å². The maximum absolute atomic E-state index is 13.2. The Bertz CT molecular complexity index is 813. The second-order valence-corrected chi connectivity index (χ2v) is 8.76. The van der Waals surface area contributed by atoms with E-state index in [2.05, 4.69) is 33.5 Å². The summed E-state index contributed by atoms with van der Waals surface area (Å²) in [6.45, 7) is 5.23. The van der Waals surface area contributed by atoms with Crippen molar-refractivity contribution < 1.29 is 9.53 Å². The third-order valence-electron chi connectivity index (χ3n) is 6.51. The largest absolute Gasteiger partial charge is 0.497 e. The first-order valence-electron chi connectivity index (χ1n) is 10.6. The van der Waals surface area contributed by atoms with Gasteiger partial charge in [0.2, 0.25) is 5.91 Å². The molecule has 7 heteroatoms. The van der Waals surface area contributed by atoms with Crippen LogP contribution >= 0.6 is 11.5 Å². The summed E-state index contributed by atoms with van der Waals surface area (Å²) in [6, 6.07) is 8.74. The number of hydrogen-bond donors (Lipinski definition) is 0. The van der Waals surface area contributed by atoms with Gasteiger partial charge in [0.1, 0.15) is 5.75 Å². The number of ether oxygens (including phenoxy) is 1. The van der Waals surface area contributed by atoms with Gasteiger partial charge in [-0.25, -0.2) is 0 Å². The van der Waals surface area contributed by atoms with Crippen LogP contribution in [0.15, 0.2) is 29.6 Å². The van der Waals surface area contributed by atoms with Crippen LogP contribution in [0.3, 0.4) is 0 Å². The molecule has 2 aliphatic rings. The molecular weight excluding hydrogens is 384 g/mol. The standard InChI is InChI=1S/C22H30N4O2S/c1-3-17-8-4-5-10-25(17)14-22(27)26-12-19(16-7-6-9-18(11-16)28-2)20(13-26)21-15-29-24-23-21/h6-7,9,11,15,17,19-20H,3-5,8,10,12-14H2,1-2H3/t17-,19+,20-/m1/s1. The molecule has 1 aromatic heterocycles. The molecule has 1 amide bonds. The molecule has 0 unspecified atom stereocenters. The van der Waals surface area contributed by atoms with Crippen LogP contribution in [0.2, 0.25) is 0 Å². The molecule has 3 heterocycles. The van der Waals surface area contributed by atoms with Crippen molar-refractivity contribution in [3.8, 4) is 5.75 Å². The maximum Gasteiger partial charge on any atom is 0.236 e. The van der Waals surface area contributed by atoms with E-state index in [0.717, 1.165) is 31.0 Å². The zero-order chi connectivity index (χ0) is 20.2. The molecule has 0 saturated carbocycles. The fourth-order valence-electron chi connectivity index (χ4n) is 4.85. The molecule has 0 N–H and O–H groups in total. The van der Waals surface area contributed by atoms with E-state index >= 15 is 0 Å². The highest BCUT2D eigenvalue weighted by molar-refractivity contribution is 7.03. The van der Waals surface area contributed by atoms with Crippen LogP contribution in [0.5, 0.6) is 5.75 Å². The zero-order valence-corrected chi connectivity index (χ0v) is 18.1. The Morgan fingerprint density at radius 3 is 2.90 bits per heavy atom. The molecule has 2 aliphatic heterocycles. The van der Waals surface area contributed by atoms with Gasteiger partial charge in [0.15, 0.2) is 0 Å². The van der Waals surface area contributed by atoms with Crippen molar-refractivity contribution in [2.45, 2.75) is 50.5 Å². The average molecular weight is 415 g/mol. The molecule has 0 radical (unpaired) electrons. The number of aromatic nitrogens is 2. The van der Waals surface area contributed by atoms with Crippen LogP contribution in [0.25, 0.3) is 0 Å². The molecule has 29 heavy (non-hydrogen) atoms. The molecule has 4 rings (SSSR count). The van der Waals surface area contributed by atoms with Crippen molar-refractivity contribution >= 4 is 17.4 Å². The number of benzene rings is 1. The number of nitrogens with zero attached hydrogens (tertiary/aromatic N) is 4. The van der Waals surface area contributed by atoms with Crippen LogP contribution < -0.4 is 4.74 Å². The predicted molar refractivity (Wildman–Crippen MR) is 114 cm³/mol. The lowest BCUT2D eigenvalue weighted by atomic mass is 9.87. The van der Waals surface area contributed by atoms with Crippen LogP contribution in [-0.2, 0) is 4.79 Å². The third kappa shape index (κ3) is 4.46. The van der Waals surface area contributed by atoms with Gasteiger partial charge < -0.3 is 9.64 Å². The van der Waals surface area contributed by atoms with E-state index in [1.807, 2.05) is 22.4 Å². The van der Waals surface area contributed by atoms with Crippen molar-refractivity contribution in [3.63, 3.8) is 0 Å². The summed E-state index contributed by atoms with van der Waals surface area (Å²) in [5.74, 6) is 1.47. The van der Waals surface area contributed by atoms with Crippen molar-refractivity contribution in [1.29, 1.82) is 0 Å². The van der Waals surface area contributed by atoms with E-state index < -0.39 is 0 Å². The molecule has 2 saturated heterocycles. The summed E-state index contributed by atoms with van der Waals surface area (Å²) >= 11 is 1.38. The Morgan fingerprint density at radius 2 is 2.14 bits per heavy atom. The quantitative estimate of drug-likeness (QED) is 0.724. The second-order valence-electron chi connectivity index (χ2n) is 8.15. The Morgan fingerprint density at radius 1 is 1.28 bits per heavy atom. The minimum Gasteiger partial charge on any atom is -0.497 e. The topological polar surface area (TPSA) is 58.6 Å². The van der Waals surface area contributed by atoms with Crippen LogP contribution in [-0.4, -0.2) is 64.6 Å². The van der Waals surface area contributed by atoms with Gasteiger partial charge >= 0.3 is 0 Å². The molecular formula is C22H30N4O2S. The summed E-state index contributed by atoms with van der Waals surface area (Å²) in [5, 5.41) is 6.36. The number of rotatable bonds is 6. The fourth-order valence-corrected chi connectivity index (χ4v) is 5.37. The smallest absolute Gasteiger partial charge is 0.236 e. The lowest BCUT2D eigenvalue weighted by Gasteiger charge is -2.35. The van der Waals surface area contributed by atoms with Crippen LogP contribution in [0, 0.1) is 0 Å². The van der Waals surface area contributed by atoms with Gasteiger partial charge in [0, 0.05) is 36.3 Å². The molecule has 1 aromatic carbocycles. The Kier molecular flexibility index (Phi) is 6.45. The number of methoxy groups -OCH3 is 1. The minimum absolute atomic E-state index is 0.174. The van der Waals surface area contributed by atoms with E-state index in [1.165, 1.54) is 36.4 Å². The highest BCUT2D eigenvalue weighted by atomic mass is 32.1. The van der Waals surface area contributed by atoms with Gasteiger partial charge in [-0.3, -0.25) is 9.69 Å². The Balaban J connectivity index is 1.52. The fraction of sp³-hybridized carbons (Fsp3) is 0.591. The van der Waals surface area contributed by atoms with E-state index in [0.29, 0.717) is 19.1 Å². The molecule has 0 bridgehead atoms. The van der Waals surface area contributed by atoms with Crippen molar-refractivity contribution in [2.75, 3.05) is 33.3 Å². The summed E-state index contributed by atoms with van der Waals surface area (Å²) in [7, 11) is 1.69. The van der Waals surface area contributed by atoms with Crippen LogP contribution in [0.1, 0.15) is 55.7 Å². The molecule has 0 spiro atoms. The van der Waals surface area contributed by atoms with Gasteiger partial charge in [-0.1, -0.05) is 30.0 Å². The van der Waals surface area contributed by atoms with Gasteiger partial charge in [-0.2, -0.15) is 0 Å².